The molecule has 0 aromatic heterocycles. The number of phenols is 1. The van der Waals surface area contributed by atoms with Gasteiger partial charge < -0.3 is 5.11 Å². The molecule has 0 heterocycles. The van der Waals surface area contributed by atoms with Crippen molar-refractivity contribution in [3.05, 3.63) is 103 Å². The average Bonchev–Trinajstić information content (AvgIpc) is 2.66. The molecular weight excluding hydrogens is 347 g/mol. The van der Waals surface area contributed by atoms with Crippen molar-refractivity contribution < 1.29 is 5.11 Å². The van der Waals surface area contributed by atoms with Gasteiger partial charge in [0.2, 0.25) is 0 Å². The number of hydrogen-bond donors (Lipinski definition) is 1. The molecule has 0 fully saturated rings. The summed E-state index contributed by atoms with van der Waals surface area (Å²) in [5.74, 6) is 0.569. The van der Waals surface area contributed by atoms with Crippen LogP contribution in [0, 0.1) is 6.92 Å². The van der Waals surface area contributed by atoms with Crippen molar-refractivity contribution in [1.29, 1.82) is 0 Å². The van der Waals surface area contributed by atoms with Crippen molar-refractivity contribution >= 4 is 7.26 Å². The molecule has 0 amide bonds. The maximum absolute atomic E-state index is 10.6. The van der Waals surface area contributed by atoms with Crippen LogP contribution in [0.3, 0.4) is 0 Å². The van der Waals surface area contributed by atoms with Crippen molar-refractivity contribution in [2.24, 2.45) is 0 Å². The molecule has 0 spiro atoms. The number of rotatable bonds is 11. The molecule has 27 heavy (non-hydrogen) atoms. The Hall–Kier alpha value is -2.11. The van der Waals surface area contributed by atoms with Gasteiger partial charge >= 0.3 is 0 Å². The SMILES string of the molecule is C=CC[P+](CC=C)(CC=C)CCC(c1ccccc1)c1cc(C)ccc1O. The van der Waals surface area contributed by atoms with Crippen LogP contribution in [-0.2, 0) is 0 Å². The van der Waals surface area contributed by atoms with E-state index in [0.717, 1.165) is 36.6 Å². The summed E-state index contributed by atoms with van der Waals surface area (Å²) in [7, 11) is -1.25. The lowest BCUT2D eigenvalue weighted by atomic mass is 9.88. The maximum Gasteiger partial charge on any atom is 0.119 e. The van der Waals surface area contributed by atoms with Gasteiger partial charge in [0.1, 0.15) is 5.75 Å². The van der Waals surface area contributed by atoms with Crippen LogP contribution in [0.25, 0.3) is 0 Å². The second-order valence-corrected chi connectivity index (χ2v) is 11.5. The Bertz CT molecular complexity index is 737. The minimum absolute atomic E-state index is 0.185. The van der Waals surface area contributed by atoms with Gasteiger partial charge in [-0.1, -0.05) is 86.0 Å². The molecule has 1 atom stereocenters. The number of benzene rings is 2. The zero-order valence-corrected chi connectivity index (χ0v) is 17.4. The fourth-order valence-corrected chi connectivity index (χ4v) is 7.31. The zero-order valence-electron chi connectivity index (χ0n) is 16.5. The first-order chi connectivity index (χ1) is 13.0. The van der Waals surface area contributed by atoms with Gasteiger partial charge in [-0.2, -0.15) is 0 Å². The van der Waals surface area contributed by atoms with Crippen LogP contribution in [0.1, 0.15) is 29.0 Å². The van der Waals surface area contributed by atoms with Gasteiger partial charge in [0.05, 0.1) is 24.6 Å². The van der Waals surface area contributed by atoms with Crippen LogP contribution in [0.5, 0.6) is 5.75 Å². The number of aryl methyl sites for hydroxylation is 1. The Morgan fingerprint density at radius 2 is 1.52 bits per heavy atom. The molecule has 2 heteroatoms. The molecule has 2 rings (SSSR count). The van der Waals surface area contributed by atoms with Gasteiger partial charge in [0.15, 0.2) is 0 Å². The van der Waals surface area contributed by atoms with Crippen molar-refractivity contribution in [2.75, 3.05) is 24.6 Å². The summed E-state index contributed by atoms with van der Waals surface area (Å²) in [4.78, 5) is 0. The average molecular weight is 380 g/mol. The van der Waals surface area contributed by atoms with Crippen molar-refractivity contribution in [1.82, 2.24) is 0 Å². The van der Waals surface area contributed by atoms with Crippen LogP contribution in [0.15, 0.2) is 86.5 Å². The van der Waals surface area contributed by atoms with Crippen LogP contribution < -0.4 is 0 Å². The molecule has 1 nitrogen and oxygen atoms in total. The van der Waals surface area contributed by atoms with Gasteiger partial charge in [-0.25, -0.2) is 0 Å². The fraction of sp³-hybridized carbons (Fsp3) is 0.280. The molecule has 0 aliphatic rings. The lowest BCUT2D eigenvalue weighted by Crippen LogP contribution is -2.13. The van der Waals surface area contributed by atoms with E-state index in [1.807, 2.05) is 18.2 Å². The number of allylic oxidation sites excluding steroid dienone is 3. The third-order valence-electron chi connectivity index (χ3n) is 5.20. The van der Waals surface area contributed by atoms with Crippen molar-refractivity contribution in [3.8, 4) is 5.75 Å². The summed E-state index contributed by atoms with van der Waals surface area (Å²) in [6.45, 7) is 14.1. The normalized spacial score (nSPS) is 12.3. The topological polar surface area (TPSA) is 20.2 Å². The maximum atomic E-state index is 10.6. The van der Waals surface area contributed by atoms with Crippen LogP contribution in [0.2, 0.25) is 0 Å². The molecule has 0 aliphatic heterocycles. The van der Waals surface area contributed by atoms with Gasteiger partial charge in [-0.05, 0) is 25.0 Å². The van der Waals surface area contributed by atoms with Crippen molar-refractivity contribution in [3.63, 3.8) is 0 Å². The lowest BCUT2D eigenvalue weighted by molar-refractivity contribution is 0.463. The van der Waals surface area contributed by atoms with E-state index < -0.39 is 7.26 Å². The summed E-state index contributed by atoms with van der Waals surface area (Å²) in [6.07, 6.45) is 11.5. The van der Waals surface area contributed by atoms with E-state index in [2.05, 4.69) is 75.2 Å². The largest absolute Gasteiger partial charge is 0.508 e. The third kappa shape index (κ3) is 5.68. The highest BCUT2D eigenvalue weighted by molar-refractivity contribution is 7.76. The summed E-state index contributed by atoms with van der Waals surface area (Å²) < 4.78 is 0. The van der Waals surface area contributed by atoms with Gasteiger partial charge in [0, 0.05) is 18.7 Å². The van der Waals surface area contributed by atoms with E-state index in [1.54, 1.807) is 0 Å². The Kier molecular flexibility index (Phi) is 8.07. The minimum atomic E-state index is -1.25. The molecule has 1 unspecified atom stereocenters. The van der Waals surface area contributed by atoms with E-state index >= 15 is 0 Å². The standard InChI is InChI=1S/C25H31OP/c1-5-16-27(17-6-2,18-7-3)19-15-23(22-11-9-8-10-12-22)24-20-21(4)13-14-25(24)26/h5-14,20,23H,1-3,15-19H2,4H3/p+1. The number of phenolic OH excluding ortho intramolecular Hbond substituents is 1. The highest BCUT2D eigenvalue weighted by Gasteiger charge is 2.34. The fourth-order valence-electron chi connectivity index (χ4n) is 3.86. The van der Waals surface area contributed by atoms with Gasteiger partial charge in [-0.3, -0.25) is 0 Å². The Morgan fingerprint density at radius 3 is 2.07 bits per heavy atom. The predicted octanol–water partition coefficient (Wildman–Crippen LogP) is 6.80. The Morgan fingerprint density at radius 1 is 0.926 bits per heavy atom. The van der Waals surface area contributed by atoms with E-state index in [0.29, 0.717) is 5.75 Å². The molecule has 0 radical (unpaired) electrons. The van der Waals surface area contributed by atoms with Crippen LogP contribution >= 0.6 is 7.26 Å². The lowest BCUT2D eigenvalue weighted by Gasteiger charge is -2.27. The highest BCUT2D eigenvalue weighted by atomic mass is 31.2. The zero-order chi connectivity index (χ0) is 19.7. The Balaban J connectivity index is 2.39. The van der Waals surface area contributed by atoms with Crippen molar-refractivity contribution in [2.45, 2.75) is 19.3 Å². The van der Waals surface area contributed by atoms with Gasteiger partial charge in [-0.15, -0.1) is 0 Å². The van der Waals surface area contributed by atoms with Crippen LogP contribution in [0.4, 0.5) is 0 Å². The summed E-state index contributed by atoms with van der Waals surface area (Å²) in [6, 6.07) is 16.4. The van der Waals surface area contributed by atoms with E-state index in [1.165, 1.54) is 11.1 Å². The summed E-state index contributed by atoms with van der Waals surface area (Å²) in [5.41, 5.74) is 3.45. The molecule has 142 valence electrons. The van der Waals surface area contributed by atoms with E-state index in [9.17, 15) is 5.11 Å². The second kappa shape index (κ2) is 10.3. The van der Waals surface area contributed by atoms with E-state index in [4.69, 9.17) is 0 Å². The molecule has 2 aromatic carbocycles. The monoisotopic (exact) mass is 379 g/mol. The summed E-state index contributed by atoms with van der Waals surface area (Å²) in [5, 5.41) is 10.6. The Labute approximate surface area is 165 Å². The minimum Gasteiger partial charge on any atom is -0.508 e. The second-order valence-electron chi connectivity index (χ2n) is 7.29. The third-order valence-corrected chi connectivity index (χ3v) is 9.51. The molecule has 0 aliphatic carbocycles. The first kappa shape index (κ1) is 21.2. The highest BCUT2D eigenvalue weighted by Crippen LogP contribution is 2.60. The quantitative estimate of drug-likeness (QED) is 0.336. The number of aromatic hydroxyl groups is 1. The van der Waals surface area contributed by atoms with Gasteiger partial charge in [0.25, 0.3) is 0 Å². The molecule has 0 saturated carbocycles. The first-order valence-electron chi connectivity index (χ1n) is 9.57. The molecule has 0 saturated heterocycles. The summed E-state index contributed by atoms with van der Waals surface area (Å²) >= 11 is 0. The molecular formula is C25H32OP+. The van der Waals surface area contributed by atoms with Crippen LogP contribution in [-0.4, -0.2) is 29.8 Å². The van der Waals surface area contributed by atoms with E-state index in [-0.39, 0.29) is 5.92 Å². The molecule has 2 aromatic rings. The smallest absolute Gasteiger partial charge is 0.119 e. The molecule has 1 N–H and O–H groups in total. The molecule has 0 bridgehead atoms. The predicted molar refractivity (Wildman–Crippen MR) is 123 cm³/mol. The number of hydrogen-bond acceptors (Lipinski definition) is 1. The first-order valence-corrected chi connectivity index (χ1v) is 12.1.